The van der Waals surface area contributed by atoms with Gasteiger partial charge < -0.3 is 4.90 Å². The molecule has 92 valence electrons. The summed E-state index contributed by atoms with van der Waals surface area (Å²) in [5.41, 5.74) is 2.81. The van der Waals surface area contributed by atoms with Crippen molar-refractivity contribution in [3.8, 4) is 0 Å². The van der Waals surface area contributed by atoms with Gasteiger partial charge in [-0.3, -0.25) is 4.79 Å². The zero-order valence-corrected chi connectivity index (χ0v) is 10.8. The first kappa shape index (κ1) is 12.4. The minimum atomic E-state index is 0.158. The highest BCUT2D eigenvalue weighted by atomic mass is 16.1. The standard InChI is InChI=1S/C16H17NO/c1-17(2)15-11-7-6-10-14(15)16(18)12-13-8-4-3-5-9-13/h3-11H,12H2,1-2H3. The number of rotatable bonds is 4. The number of carbonyl (C=O) groups is 1. The number of carbonyl (C=O) groups excluding carboxylic acids is 1. The number of ketones is 1. The highest BCUT2D eigenvalue weighted by Gasteiger charge is 2.12. The van der Waals surface area contributed by atoms with Gasteiger partial charge in [0.15, 0.2) is 5.78 Å². The fourth-order valence-electron chi connectivity index (χ4n) is 1.98. The molecular weight excluding hydrogens is 222 g/mol. The fraction of sp³-hybridized carbons (Fsp3) is 0.188. The smallest absolute Gasteiger partial charge is 0.169 e. The molecule has 0 aliphatic heterocycles. The number of benzene rings is 2. The van der Waals surface area contributed by atoms with Gasteiger partial charge >= 0.3 is 0 Å². The molecule has 0 heterocycles. The van der Waals surface area contributed by atoms with Crippen molar-refractivity contribution in [3.05, 3.63) is 65.7 Å². The van der Waals surface area contributed by atoms with E-state index in [-0.39, 0.29) is 5.78 Å². The van der Waals surface area contributed by atoms with E-state index in [1.54, 1.807) is 0 Å². The number of hydrogen-bond acceptors (Lipinski definition) is 2. The number of Topliss-reactive ketones (excluding diaryl/α,β-unsaturated/α-hetero) is 1. The average Bonchev–Trinajstić information content (AvgIpc) is 2.40. The van der Waals surface area contributed by atoms with Gasteiger partial charge in [-0.1, -0.05) is 42.5 Å². The van der Waals surface area contributed by atoms with Gasteiger partial charge in [0.1, 0.15) is 0 Å². The molecule has 0 spiro atoms. The normalized spacial score (nSPS) is 10.1. The van der Waals surface area contributed by atoms with Crippen LogP contribution in [-0.4, -0.2) is 19.9 Å². The van der Waals surface area contributed by atoms with Crippen LogP contribution in [0.25, 0.3) is 0 Å². The molecule has 18 heavy (non-hydrogen) atoms. The predicted octanol–water partition coefficient (Wildman–Crippen LogP) is 3.18. The van der Waals surface area contributed by atoms with Gasteiger partial charge in [-0.25, -0.2) is 0 Å². The Labute approximate surface area is 108 Å². The fourth-order valence-corrected chi connectivity index (χ4v) is 1.98. The van der Waals surface area contributed by atoms with Crippen molar-refractivity contribution < 1.29 is 4.79 Å². The molecule has 0 N–H and O–H groups in total. The van der Waals surface area contributed by atoms with Crippen LogP contribution < -0.4 is 4.90 Å². The van der Waals surface area contributed by atoms with Crippen molar-refractivity contribution in [1.82, 2.24) is 0 Å². The lowest BCUT2D eigenvalue weighted by atomic mass is 10.0. The Morgan fingerprint density at radius 1 is 0.944 bits per heavy atom. The number of hydrogen-bond donors (Lipinski definition) is 0. The molecule has 2 aromatic carbocycles. The number of para-hydroxylation sites is 1. The molecule has 0 bridgehead atoms. The minimum Gasteiger partial charge on any atom is -0.377 e. The van der Waals surface area contributed by atoms with Crippen LogP contribution in [0.3, 0.4) is 0 Å². The van der Waals surface area contributed by atoms with Gasteiger partial charge in [-0.2, -0.15) is 0 Å². The van der Waals surface area contributed by atoms with Crippen LogP contribution >= 0.6 is 0 Å². The second kappa shape index (κ2) is 5.50. The molecule has 0 aromatic heterocycles. The highest BCUT2D eigenvalue weighted by Crippen LogP contribution is 2.19. The third-order valence-corrected chi connectivity index (χ3v) is 2.89. The largest absolute Gasteiger partial charge is 0.377 e. The van der Waals surface area contributed by atoms with Gasteiger partial charge in [0.2, 0.25) is 0 Å². The van der Waals surface area contributed by atoms with Crippen LogP contribution in [0.5, 0.6) is 0 Å². The summed E-state index contributed by atoms with van der Waals surface area (Å²) in [7, 11) is 3.91. The Bertz CT molecular complexity index is 532. The minimum absolute atomic E-state index is 0.158. The van der Waals surface area contributed by atoms with Gasteiger partial charge in [0.25, 0.3) is 0 Å². The summed E-state index contributed by atoms with van der Waals surface area (Å²) in [5.74, 6) is 0.158. The van der Waals surface area contributed by atoms with E-state index in [1.165, 1.54) is 0 Å². The van der Waals surface area contributed by atoms with E-state index < -0.39 is 0 Å². The van der Waals surface area contributed by atoms with Crippen LogP contribution in [0.4, 0.5) is 5.69 Å². The maximum Gasteiger partial charge on any atom is 0.169 e. The Morgan fingerprint density at radius 2 is 1.56 bits per heavy atom. The molecule has 2 nitrogen and oxygen atoms in total. The van der Waals surface area contributed by atoms with Crippen molar-refractivity contribution in [2.24, 2.45) is 0 Å². The third-order valence-electron chi connectivity index (χ3n) is 2.89. The molecule has 0 aliphatic carbocycles. The lowest BCUT2D eigenvalue weighted by Crippen LogP contribution is -2.14. The van der Waals surface area contributed by atoms with Gasteiger partial charge in [-0.05, 0) is 17.7 Å². The van der Waals surface area contributed by atoms with Crippen molar-refractivity contribution in [1.29, 1.82) is 0 Å². The zero-order chi connectivity index (χ0) is 13.0. The predicted molar refractivity (Wildman–Crippen MR) is 75.2 cm³/mol. The van der Waals surface area contributed by atoms with E-state index in [0.717, 1.165) is 16.8 Å². The molecule has 2 aromatic rings. The Balaban J connectivity index is 2.24. The summed E-state index contributed by atoms with van der Waals surface area (Å²) in [6.45, 7) is 0. The van der Waals surface area contributed by atoms with Gasteiger partial charge in [0, 0.05) is 31.8 Å². The summed E-state index contributed by atoms with van der Waals surface area (Å²) in [4.78, 5) is 14.3. The van der Waals surface area contributed by atoms with Crippen molar-refractivity contribution in [3.63, 3.8) is 0 Å². The molecule has 0 atom stereocenters. The average molecular weight is 239 g/mol. The summed E-state index contributed by atoms with van der Waals surface area (Å²) in [5, 5.41) is 0. The topological polar surface area (TPSA) is 20.3 Å². The van der Waals surface area contributed by atoms with Crippen LogP contribution in [0.2, 0.25) is 0 Å². The molecule has 0 saturated heterocycles. The molecule has 2 heteroatoms. The number of nitrogens with zero attached hydrogens (tertiary/aromatic N) is 1. The number of anilines is 1. The van der Waals surface area contributed by atoms with E-state index in [2.05, 4.69) is 0 Å². The molecule has 0 unspecified atom stereocenters. The highest BCUT2D eigenvalue weighted by molar-refractivity contribution is 6.02. The maximum atomic E-state index is 12.3. The summed E-state index contributed by atoms with van der Waals surface area (Å²) >= 11 is 0. The molecule has 0 fully saturated rings. The van der Waals surface area contributed by atoms with E-state index >= 15 is 0 Å². The molecule has 2 rings (SSSR count). The first-order valence-electron chi connectivity index (χ1n) is 6.02. The Kier molecular flexibility index (Phi) is 3.78. The van der Waals surface area contributed by atoms with E-state index in [4.69, 9.17) is 0 Å². The van der Waals surface area contributed by atoms with Crippen LogP contribution in [0.15, 0.2) is 54.6 Å². The second-order valence-electron chi connectivity index (χ2n) is 4.50. The van der Waals surface area contributed by atoms with Crippen molar-refractivity contribution in [2.45, 2.75) is 6.42 Å². The van der Waals surface area contributed by atoms with Crippen molar-refractivity contribution in [2.75, 3.05) is 19.0 Å². The van der Waals surface area contributed by atoms with Crippen molar-refractivity contribution >= 4 is 11.5 Å². The van der Waals surface area contributed by atoms with Gasteiger partial charge in [-0.15, -0.1) is 0 Å². The molecule has 0 aliphatic rings. The van der Waals surface area contributed by atoms with E-state index in [9.17, 15) is 4.79 Å². The van der Waals surface area contributed by atoms with Crippen LogP contribution in [0.1, 0.15) is 15.9 Å². The first-order valence-corrected chi connectivity index (χ1v) is 6.02. The SMILES string of the molecule is CN(C)c1ccccc1C(=O)Cc1ccccc1. The van der Waals surface area contributed by atoms with Gasteiger partial charge in [0.05, 0.1) is 0 Å². The Hall–Kier alpha value is -2.09. The summed E-state index contributed by atoms with van der Waals surface area (Å²) < 4.78 is 0. The van der Waals surface area contributed by atoms with Crippen LogP contribution in [0, 0.1) is 0 Å². The molecular formula is C16H17NO. The third kappa shape index (κ3) is 2.77. The lowest BCUT2D eigenvalue weighted by Gasteiger charge is -2.16. The molecule has 0 saturated carbocycles. The van der Waals surface area contributed by atoms with E-state index in [1.807, 2.05) is 73.6 Å². The van der Waals surface area contributed by atoms with E-state index in [0.29, 0.717) is 6.42 Å². The molecule has 0 radical (unpaired) electrons. The summed E-state index contributed by atoms with van der Waals surface area (Å²) in [6, 6.07) is 17.6. The van der Waals surface area contributed by atoms with Crippen LogP contribution in [-0.2, 0) is 6.42 Å². The second-order valence-corrected chi connectivity index (χ2v) is 4.50. The first-order chi connectivity index (χ1) is 8.68. The monoisotopic (exact) mass is 239 g/mol. The quantitative estimate of drug-likeness (QED) is 0.764. The maximum absolute atomic E-state index is 12.3. The lowest BCUT2D eigenvalue weighted by molar-refractivity contribution is 0.0993. The molecule has 0 amide bonds. The zero-order valence-electron chi connectivity index (χ0n) is 10.8. The summed E-state index contributed by atoms with van der Waals surface area (Å²) in [6.07, 6.45) is 0.450. The Morgan fingerprint density at radius 3 is 2.22 bits per heavy atom.